The Kier molecular flexibility index (Phi) is 8.67. The Labute approximate surface area is 112 Å². The maximum atomic E-state index is 5.61. The standard InChI is InChI=1S/C12H27NO4Si/c1-8-12(18(14-5,15-6)16-7)13-11(4)17-9-10(2)3/h11-13H,2,8-9H2,1,3-7H3. The Balaban J connectivity index is 4.52. The summed E-state index contributed by atoms with van der Waals surface area (Å²) < 4.78 is 22.0. The van der Waals surface area contributed by atoms with Gasteiger partial charge in [-0.3, -0.25) is 5.32 Å². The van der Waals surface area contributed by atoms with E-state index in [1.165, 1.54) is 0 Å². The Morgan fingerprint density at radius 3 is 2.06 bits per heavy atom. The van der Waals surface area contributed by atoms with Crippen LogP contribution in [0, 0.1) is 0 Å². The van der Waals surface area contributed by atoms with E-state index in [1.54, 1.807) is 21.3 Å². The van der Waals surface area contributed by atoms with Gasteiger partial charge in [0, 0.05) is 21.3 Å². The minimum atomic E-state index is -2.68. The monoisotopic (exact) mass is 277 g/mol. The summed E-state index contributed by atoms with van der Waals surface area (Å²) in [4.78, 5) is 0. The third-order valence-corrected chi connectivity index (χ3v) is 5.84. The van der Waals surface area contributed by atoms with Gasteiger partial charge in [-0.25, -0.2) is 0 Å². The number of nitrogens with one attached hydrogen (secondary N) is 1. The van der Waals surface area contributed by atoms with E-state index in [1.807, 2.05) is 13.8 Å². The highest BCUT2D eigenvalue weighted by atomic mass is 28.4. The van der Waals surface area contributed by atoms with Gasteiger partial charge in [0.15, 0.2) is 0 Å². The zero-order chi connectivity index (χ0) is 14.2. The molecule has 0 rings (SSSR count). The molecule has 0 aliphatic carbocycles. The Morgan fingerprint density at radius 2 is 1.72 bits per heavy atom. The molecule has 0 aliphatic rings. The van der Waals surface area contributed by atoms with Gasteiger partial charge in [0.05, 0.1) is 12.3 Å². The summed E-state index contributed by atoms with van der Waals surface area (Å²) in [5.41, 5.74) is 0.989. The van der Waals surface area contributed by atoms with E-state index in [9.17, 15) is 0 Å². The molecule has 0 fully saturated rings. The third-order valence-electron chi connectivity index (χ3n) is 2.70. The van der Waals surface area contributed by atoms with E-state index < -0.39 is 8.80 Å². The average Bonchev–Trinajstić information content (AvgIpc) is 2.37. The molecule has 5 nitrogen and oxygen atoms in total. The molecule has 0 aromatic heterocycles. The predicted molar refractivity (Wildman–Crippen MR) is 74.2 cm³/mol. The van der Waals surface area contributed by atoms with Crippen LogP contribution in [0.3, 0.4) is 0 Å². The van der Waals surface area contributed by atoms with Gasteiger partial charge in [-0.1, -0.05) is 19.1 Å². The first-order chi connectivity index (χ1) is 8.45. The summed E-state index contributed by atoms with van der Waals surface area (Å²) in [6, 6.07) is 0. The summed E-state index contributed by atoms with van der Waals surface area (Å²) in [7, 11) is 2.16. The lowest BCUT2D eigenvalue weighted by Gasteiger charge is -2.34. The van der Waals surface area contributed by atoms with E-state index in [4.69, 9.17) is 18.0 Å². The van der Waals surface area contributed by atoms with Crippen molar-refractivity contribution in [3.8, 4) is 0 Å². The van der Waals surface area contributed by atoms with Crippen molar-refractivity contribution in [2.45, 2.75) is 39.1 Å². The van der Waals surface area contributed by atoms with Crippen LogP contribution in [0.15, 0.2) is 12.2 Å². The largest absolute Gasteiger partial charge is 0.518 e. The van der Waals surface area contributed by atoms with Crippen molar-refractivity contribution in [1.29, 1.82) is 0 Å². The SMILES string of the molecule is C=C(C)COC(C)NC(CC)[Si](OC)(OC)OC. The minimum Gasteiger partial charge on any atom is -0.376 e. The summed E-state index contributed by atoms with van der Waals surface area (Å²) in [6.45, 7) is 10.3. The third kappa shape index (κ3) is 5.17. The fraction of sp³-hybridized carbons (Fsp3) is 0.833. The smallest absolute Gasteiger partial charge is 0.376 e. The highest BCUT2D eigenvalue weighted by Crippen LogP contribution is 2.15. The first-order valence-corrected chi connectivity index (χ1v) is 7.93. The molecule has 0 aliphatic heterocycles. The van der Waals surface area contributed by atoms with Crippen LogP contribution in [0.4, 0.5) is 0 Å². The van der Waals surface area contributed by atoms with Crippen LogP contribution in [0.25, 0.3) is 0 Å². The Hall–Kier alpha value is -0.243. The zero-order valence-corrected chi connectivity index (χ0v) is 13.4. The highest BCUT2D eigenvalue weighted by molar-refractivity contribution is 6.62. The fourth-order valence-corrected chi connectivity index (χ4v) is 4.04. The van der Waals surface area contributed by atoms with Gasteiger partial charge in [-0.15, -0.1) is 0 Å². The molecule has 0 spiro atoms. The van der Waals surface area contributed by atoms with Crippen LogP contribution in [0.2, 0.25) is 0 Å². The molecule has 0 aromatic carbocycles. The highest BCUT2D eigenvalue weighted by Gasteiger charge is 2.46. The lowest BCUT2D eigenvalue weighted by molar-refractivity contribution is 0.0378. The fourth-order valence-electron chi connectivity index (χ4n) is 1.75. The van der Waals surface area contributed by atoms with Gasteiger partial charge in [0.2, 0.25) is 0 Å². The lowest BCUT2D eigenvalue weighted by atomic mass is 10.4. The lowest BCUT2D eigenvalue weighted by Crippen LogP contribution is -2.62. The topological polar surface area (TPSA) is 49.0 Å². The van der Waals surface area contributed by atoms with Gasteiger partial charge < -0.3 is 18.0 Å². The number of rotatable bonds is 10. The summed E-state index contributed by atoms with van der Waals surface area (Å²) in [5, 5.41) is 3.34. The zero-order valence-electron chi connectivity index (χ0n) is 12.4. The molecule has 0 radical (unpaired) electrons. The predicted octanol–water partition coefficient (Wildman–Crippen LogP) is 1.71. The van der Waals surface area contributed by atoms with E-state index >= 15 is 0 Å². The second-order valence-electron chi connectivity index (χ2n) is 4.25. The molecule has 1 N–H and O–H groups in total. The molecule has 0 aromatic rings. The number of hydrogen-bond donors (Lipinski definition) is 1. The van der Waals surface area contributed by atoms with Gasteiger partial charge in [-0.05, 0) is 20.3 Å². The summed E-state index contributed by atoms with van der Waals surface area (Å²) in [6.07, 6.45) is 0.724. The summed E-state index contributed by atoms with van der Waals surface area (Å²) in [5.74, 6) is 0. The Bertz CT molecular complexity index is 238. The molecule has 6 heteroatoms. The van der Waals surface area contributed by atoms with Crippen molar-refractivity contribution >= 4 is 8.80 Å². The molecule has 2 atom stereocenters. The van der Waals surface area contributed by atoms with Crippen LogP contribution in [0.1, 0.15) is 27.2 Å². The van der Waals surface area contributed by atoms with Crippen molar-refractivity contribution < 1.29 is 18.0 Å². The van der Waals surface area contributed by atoms with E-state index in [0.29, 0.717) is 6.61 Å². The van der Waals surface area contributed by atoms with Gasteiger partial charge >= 0.3 is 8.80 Å². The molecule has 0 heterocycles. The van der Waals surface area contributed by atoms with Crippen LogP contribution < -0.4 is 5.32 Å². The van der Waals surface area contributed by atoms with Crippen molar-refractivity contribution in [2.24, 2.45) is 0 Å². The average molecular weight is 277 g/mol. The second kappa shape index (κ2) is 8.79. The molecular formula is C12H27NO4Si. The summed E-state index contributed by atoms with van der Waals surface area (Å²) >= 11 is 0. The molecule has 0 bridgehead atoms. The first kappa shape index (κ1) is 17.8. The van der Waals surface area contributed by atoms with Crippen LogP contribution in [-0.2, 0) is 18.0 Å². The maximum Gasteiger partial charge on any atom is 0.518 e. The first-order valence-electron chi connectivity index (χ1n) is 6.13. The Morgan fingerprint density at radius 1 is 1.22 bits per heavy atom. The maximum absolute atomic E-state index is 5.61. The molecule has 0 saturated carbocycles. The van der Waals surface area contributed by atoms with Crippen molar-refractivity contribution in [3.63, 3.8) is 0 Å². The molecule has 108 valence electrons. The van der Waals surface area contributed by atoms with Crippen LogP contribution >= 0.6 is 0 Å². The van der Waals surface area contributed by atoms with E-state index in [2.05, 4.69) is 18.8 Å². The van der Waals surface area contributed by atoms with E-state index in [0.717, 1.165) is 12.0 Å². The van der Waals surface area contributed by atoms with Gasteiger partial charge in [0.1, 0.15) is 6.23 Å². The quantitative estimate of drug-likeness (QED) is 0.374. The molecule has 2 unspecified atom stereocenters. The number of hydrogen-bond acceptors (Lipinski definition) is 5. The van der Waals surface area contributed by atoms with Crippen molar-refractivity contribution in [1.82, 2.24) is 5.32 Å². The minimum absolute atomic E-state index is 0.00220. The van der Waals surface area contributed by atoms with Crippen molar-refractivity contribution in [3.05, 3.63) is 12.2 Å². The molecular weight excluding hydrogens is 250 g/mol. The molecule has 0 saturated heterocycles. The van der Waals surface area contributed by atoms with Gasteiger partial charge in [-0.2, -0.15) is 0 Å². The molecule has 18 heavy (non-hydrogen) atoms. The molecule has 0 amide bonds. The number of ether oxygens (including phenoxy) is 1. The van der Waals surface area contributed by atoms with Gasteiger partial charge in [0.25, 0.3) is 0 Å². The van der Waals surface area contributed by atoms with E-state index in [-0.39, 0.29) is 11.9 Å². The second-order valence-corrected chi connectivity index (χ2v) is 7.38. The van der Waals surface area contributed by atoms with Crippen LogP contribution in [0.5, 0.6) is 0 Å². The van der Waals surface area contributed by atoms with Crippen LogP contribution in [-0.4, -0.2) is 48.6 Å². The normalized spacial score (nSPS) is 15.4. The van der Waals surface area contributed by atoms with Crippen molar-refractivity contribution in [2.75, 3.05) is 27.9 Å².